The van der Waals surface area contributed by atoms with Crippen molar-refractivity contribution in [1.29, 1.82) is 0 Å². The van der Waals surface area contributed by atoms with Crippen LogP contribution in [-0.2, 0) is 16.0 Å². The van der Waals surface area contributed by atoms with Crippen LogP contribution in [0.3, 0.4) is 0 Å². The molecule has 0 aliphatic carbocycles. The second-order valence-corrected chi connectivity index (χ2v) is 7.65. The summed E-state index contributed by atoms with van der Waals surface area (Å²) in [7, 11) is 0. The summed E-state index contributed by atoms with van der Waals surface area (Å²) < 4.78 is 1.07. The van der Waals surface area contributed by atoms with E-state index in [9.17, 15) is 19.2 Å². The summed E-state index contributed by atoms with van der Waals surface area (Å²) in [6.45, 7) is -0.254. The summed E-state index contributed by atoms with van der Waals surface area (Å²) in [5.74, 6) is -0.785. The third kappa shape index (κ3) is 4.13. The van der Waals surface area contributed by atoms with Crippen molar-refractivity contribution in [3.8, 4) is 0 Å². The van der Waals surface area contributed by atoms with Gasteiger partial charge in [-0.1, -0.05) is 18.2 Å². The highest BCUT2D eigenvalue weighted by molar-refractivity contribution is 7.18. The first-order chi connectivity index (χ1) is 14.5. The maximum Gasteiger partial charge on any atom is 0.272 e. The minimum atomic E-state index is -0.527. The molecule has 4 N–H and O–H groups in total. The van der Waals surface area contributed by atoms with Crippen molar-refractivity contribution >= 4 is 49.8 Å². The van der Waals surface area contributed by atoms with Gasteiger partial charge in [0, 0.05) is 12.8 Å². The van der Waals surface area contributed by atoms with Crippen LogP contribution in [-0.4, -0.2) is 33.5 Å². The molecule has 2 amide bonds. The third-order valence-corrected chi connectivity index (χ3v) is 5.55. The Morgan fingerprint density at radius 1 is 0.967 bits per heavy atom. The fraction of sp³-hybridized carbons (Fsp3) is 0.150. The Labute approximate surface area is 173 Å². The van der Waals surface area contributed by atoms with Gasteiger partial charge in [-0.2, -0.15) is 0 Å². The lowest BCUT2D eigenvalue weighted by Crippen LogP contribution is -2.33. The van der Waals surface area contributed by atoms with Crippen LogP contribution in [0.1, 0.15) is 11.4 Å². The zero-order valence-corrected chi connectivity index (χ0v) is 16.5. The first kappa shape index (κ1) is 19.5. The van der Waals surface area contributed by atoms with Gasteiger partial charge < -0.3 is 10.6 Å². The summed E-state index contributed by atoms with van der Waals surface area (Å²) in [6, 6.07) is 12.3. The van der Waals surface area contributed by atoms with E-state index in [2.05, 4.69) is 25.8 Å². The Hall–Kier alpha value is -3.79. The van der Waals surface area contributed by atoms with Crippen molar-refractivity contribution in [3.63, 3.8) is 0 Å². The number of fused-ring (bicyclic) bond motifs is 2. The first-order valence-corrected chi connectivity index (χ1v) is 9.97. The molecule has 4 rings (SSSR count). The van der Waals surface area contributed by atoms with E-state index in [1.807, 2.05) is 24.3 Å². The number of H-pyrrole nitrogens is 2. The number of hydrogen-bond donors (Lipinski definition) is 4. The number of amides is 2. The number of anilines is 1. The molecule has 2 heterocycles. The predicted molar refractivity (Wildman–Crippen MR) is 115 cm³/mol. The van der Waals surface area contributed by atoms with Crippen LogP contribution in [0.4, 0.5) is 5.69 Å². The van der Waals surface area contributed by atoms with Crippen LogP contribution in [0.25, 0.3) is 21.0 Å². The van der Waals surface area contributed by atoms with E-state index in [0.717, 1.165) is 15.2 Å². The largest absolute Gasteiger partial charge is 0.347 e. The average Bonchev–Trinajstić information content (AvgIpc) is 3.16. The Morgan fingerprint density at radius 2 is 1.77 bits per heavy atom. The number of thiazole rings is 1. The Balaban J connectivity index is 1.34. The maximum atomic E-state index is 12.2. The van der Waals surface area contributed by atoms with E-state index in [0.29, 0.717) is 6.42 Å². The number of aromatic nitrogens is 3. The van der Waals surface area contributed by atoms with Gasteiger partial charge in [0.15, 0.2) is 0 Å². The summed E-state index contributed by atoms with van der Waals surface area (Å²) in [5.41, 5.74) is 0.110. The van der Waals surface area contributed by atoms with Crippen molar-refractivity contribution in [1.82, 2.24) is 20.5 Å². The molecule has 0 unspecified atom stereocenters. The molecule has 9 nitrogen and oxygen atoms in total. The average molecular weight is 423 g/mol. The molecule has 4 aromatic rings. The SMILES string of the molecule is O=C(CCc1nc2ccccc2s1)NCC(=O)Nc1cccc2c(=O)[nH][nH]c(=O)c12. The quantitative estimate of drug-likeness (QED) is 0.373. The van der Waals surface area contributed by atoms with E-state index >= 15 is 0 Å². The molecular weight excluding hydrogens is 406 g/mol. The lowest BCUT2D eigenvalue weighted by Gasteiger charge is -2.08. The number of hydrogen-bond acceptors (Lipinski definition) is 6. The fourth-order valence-electron chi connectivity index (χ4n) is 3.04. The van der Waals surface area contributed by atoms with Crippen molar-refractivity contribution < 1.29 is 9.59 Å². The molecular formula is C20H17N5O4S. The molecule has 2 aromatic carbocycles. The third-order valence-electron chi connectivity index (χ3n) is 4.45. The Kier molecular flexibility index (Phi) is 5.40. The summed E-state index contributed by atoms with van der Waals surface area (Å²) in [6.07, 6.45) is 0.685. The van der Waals surface area contributed by atoms with Crippen LogP contribution in [0.2, 0.25) is 0 Å². The van der Waals surface area contributed by atoms with E-state index in [1.165, 1.54) is 23.5 Å². The van der Waals surface area contributed by atoms with Gasteiger partial charge in [0.2, 0.25) is 11.8 Å². The zero-order valence-electron chi connectivity index (χ0n) is 15.7. The van der Waals surface area contributed by atoms with Crippen molar-refractivity contribution in [2.24, 2.45) is 0 Å². The molecule has 0 bridgehead atoms. The Bertz CT molecular complexity index is 1340. The molecule has 0 saturated carbocycles. The summed E-state index contributed by atoms with van der Waals surface area (Å²) in [4.78, 5) is 52.6. The van der Waals surface area contributed by atoms with Crippen LogP contribution in [0, 0.1) is 0 Å². The number of aromatic amines is 2. The number of aryl methyl sites for hydroxylation is 1. The molecule has 0 radical (unpaired) electrons. The molecule has 152 valence electrons. The van der Waals surface area contributed by atoms with Gasteiger partial charge in [-0.05, 0) is 24.3 Å². The molecule has 2 aromatic heterocycles. The van der Waals surface area contributed by atoms with Gasteiger partial charge in [-0.25, -0.2) is 4.98 Å². The summed E-state index contributed by atoms with van der Waals surface area (Å²) in [5, 5.41) is 10.7. The van der Waals surface area contributed by atoms with Gasteiger partial charge in [-0.3, -0.25) is 29.4 Å². The Morgan fingerprint density at radius 3 is 2.60 bits per heavy atom. The minimum Gasteiger partial charge on any atom is -0.347 e. The first-order valence-electron chi connectivity index (χ1n) is 9.16. The van der Waals surface area contributed by atoms with Gasteiger partial charge in [0.05, 0.1) is 38.2 Å². The number of benzene rings is 2. The van der Waals surface area contributed by atoms with E-state index in [-0.39, 0.29) is 35.3 Å². The minimum absolute atomic E-state index is 0.0803. The number of nitrogens with one attached hydrogen (secondary N) is 4. The molecule has 0 saturated heterocycles. The van der Waals surface area contributed by atoms with Crippen molar-refractivity contribution in [2.75, 3.05) is 11.9 Å². The van der Waals surface area contributed by atoms with Gasteiger partial charge in [-0.15, -0.1) is 11.3 Å². The maximum absolute atomic E-state index is 12.2. The van der Waals surface area contributed by atoms with E-state index < -0.39 is 17.0 Å². The smallest absolute Gasteiger partial charge is 0.272 e. The lowest BCUT2D eigenvalue weighted by atomic mass is 10.1. The van der Waals surface area contributed by atoms with Crippen LogP contribution < -0.4 is 21.8 Å². The van der Waals surface area contributed by atoms with E-state index in [1.54, 1.807) is 6.07 Å². The predicted octanol–water partition coefficient (Wildman–Crippen LogP) is 1.51. The second kappa shape index (κ2) is 8.29. The molecule has 0 fully saturated rings. The number of rotatable bonds is 6. The number of para-hydroxylation sites is 1. The summed E-state index contributed by atoms with van der Waals surface area (Å²) >= 11 is 1.54. The number of nitrogens with zero attached hydrogens (tertiary/aromatic N) is 1. The highest BCUT2D eigenvalue weighted by Gasteiger charge is 2.12. The highest BCUT2D eigenvalue weighted by atomic mass is 32.1. The fourth-order valence-corrected chi connectivity index (χ4v) is 4.01. The molecule has 0 aliphatic heterocycles. The zero-order chi connectivity index (χ0) is 21.1. The topological polar surface area (TPSA) is 137 Å². The highest BCUT2D eigenvalue weighted by Crippen LogP contribution is 2.22. The molecule has 10 heteroatoms. The normalized spacial score (nSPS) is 10.9. The van der Waals surface area contributed by atoms with Gasteiger partial charge >= 0.3 is 0 Å². The number of carbonyl (C=O) groups is 2. The van der Waals surface area contributed by atoms with E-state index in [4.69, 9.17) is 0 Å². The van der Waals surface area contributed by atoms with Crippen LogP contribution in [0.5, 0.6) is 0 Å². The monoisotopic (exact) mass is 423 g/mol. The second-order valence-electron chi connectivity index (χ2n) is 6.54. The standard InChI is InChI=1S/C20H17N5O4S/c26-15(8-9-17-23-12-5-1-2-7-14(12)30-17)21-10-16(27)22-13-6-3-4-11-18(13)20(29)25-24-19(11)28/h1-7H,8-10H2,(H,21,26)(H,22,27)(H,24,28)(H,25,29). The van der Waals surface area contributed by atoms with Crippen LogP contribution >= 0.6 is 11.3 Å². The molecule has 0 aliphatic rings. The van der Waals surface area contributed by atoms with Crippen molar-refractivity contribution in [3.05, 3.63) is 68.2 Å². The molecule has 0 spiro atoms. The lowest BCUT2D eigenvalue weighted by molar-refractivity contribution is -0.124. The van der Waals surface area contributed by atoms with Crippen LogP contribution in [0.15, 0.2) is 52.1 Å². The molecule has 0 atom stereocenters. The van der Waals surface area contributed by atoms with Gasteiger partial charge in [0.1, 0.15) is 0 Å². The van der Waals surface area contributed by atoms with Gasteiger partial charge in [0.25, 0.3) is 11.1 Å². The molecule has 30 heavy (non-hydrogen) atoms. The van der Waals surface area contributed by atoms with Crippen molar-refractivity contribution in [2.45, 2.75) is 12.8 Å². The number of carbonyl (C=O) groups excluding carboxylic acids is 2.